The third-order valence-electron chi connectivity index (χ3n) is 2.47. The quantitative estimate of drug-likeness (QED) is 0.779. The molecule has 0 atom stereocenters. The fourth-order valence-electron chi connectivity index (χ4n) is 1.43. The van der Waals surface area contributed by atoms with Crippen molar-refractivity contribution in [2.75, 3.05) is 0 Å². The zero-order valence-corrected chi connectivity index (χ0v) is 9.31. The van der Waals surface area contributed by atoms with Gasteiger partial charge in [-0.15, -0.1) is 0 Å². The molecule has 2 heteroatoms. The number of aromatic nitrogens is 1. The van der Waals surface area contributed by atoms with E-state index in [2.05, 4.69) is 11.9 Å². The Labute approximate surface area is 95.9 Å². The number of pyridine rings is 1. The summed E-state index contributed by atoms with van der Waals surface area (Å²) in [6, 6.07) is 10.1. The molecule has 0 aliphatic rings. The van der Waals surface area contributed by atoms with Gasteiger partial charge in [-0.3, -0.25) is 4.98 Å². The first-order chi connectivity index (χ1) is 7.77. The monoisotopic (exact) mass is 212 g/mol. The topological polar surface area (TPSA) is 22.1 Å². The van der Waals surface area contributed by atoms with Gasteiger partial charge in [-0.2, -0.15) is 0 Å². The summed E-state index contributed by atoms with van der Waals surface area (Å²) in [6.45, 7) is 6.49. The Bertz CT molecular complexity index is 465. The van der Waals surface area contributed by atoms with Gasteiger partial charge in [0.15, 0.2) is 0 Å². The van der Waals surface area contributed by atoms with Crippen molar-refractivity contribution >= 4 is 0 Å². The van der Waals surface area contributed by atoms with Gasteiger partial charge >= 0.3 is 0 Å². The van der Waals surface area contributed by atoms with Crippen LogP contribution in [0.3, 0.4) is 0 Å². The van der Waals surface area contributed by atoms with Gasteiger partial charge in [0.2, 0.25) is 0 Å². The fourth-order valence-corrected chi connectivity index (χ4v) is 1.43. The van der Waals surface area contributed by atoms with Crippen LogP contribution >= 0.6 is 0 Å². The Balaban J connectivity index is 2.08. The van der Waals surface area contributed by atoms with Crippen LogP contribution in [0.2, 0.25) is 0 Å². The lowest BCUT2D eigenvalue weighted by Gasteiger charge is -2.09. The molecule has 0 aliphatic carbocycles. The molecule has 2 nitrogen and oxygen atoms in total. The molecule has 0 unspecified atom stereocenters. The summed E-state index contributed by atoms with van der Waals surface area (Å²) in [5.74, 6) is 0.754. The summed E-state index contributed by atoms with van der Waals surface area (Å²) in [5, 5.41) is 0. The number of aryl methyl sites for hydroxylation is 1. The molecule has 0 amide bonds. The Morgan fingerprint density at radius 2 is 1.94 bits per heavy atom. The van der Waals surface area contributed by atoms with Crippen LogP contribution in [0.4, 0.5) is 0 Å². The maximum absolute atomic E-state index is 5.68. The van der Waals surface area contributed by atoms with Gasteiger partial charge in [0, 0.05) is 11.8 Å². The van der Waals surface area contributed by atoms with Crippen LogP contribution in [-0.2, 0) is 6.61 Å². The molecule has 1 aromatic heterocycles. The van der Waals surface area contributed by atoms with Crippen LogP contribution in [0.15, 0.2) is 42.7 Å². The average Bonchev–Trinajstić information content (AvgIpc) is 2.32. The van der Waals surface area contributed by atoms with Crippen LogP contribution in [-0.4, -0.2) is 4.98 Å². The first kappa shape index (κ1) is 10.7. The summed E-state index contributed by atoms with van der Waals surface area (Å²) < 4.78 is 5.68. The molecule has 0 N–H and O–H groups in total. The second kappa shape index (κ2) is 4.79. The molecular weight excluding hydrogens is 198 g/mol. The van der Waals surface area contributed by atoms with Crippen LogP contribution < -0.4 is 4.74 Å². The van der Waals surface area contributed by atoms with Crippen molar-refractivity contribution in [3.8, 4) is 5.75 Å². The Morgan fingerprint density at radius 3 is 2.69 bits per heavy atom. The highest BCUT2D eigenvalue weighted by atomic mass is 16.5. The van der Waals surface area contributed by atoms with E-state index < -0.39 is 0 Å². The highest BCUT2D eigenvalue weighted by Crippen LogP contribution is 2.19. The molecule has 0 aliphatic heterocycles. The normalized spacial score (nSPS) is 10.1. The van der Waals surface area contributed by atoms with Crippen LogP contribution in [0, 0.1) is 13.8 Å². The van der Waals surface area contributed by atoms with Crippen LogP contribution in [0.1, 0.15) is 16.7 Å². The first-order valence-electron chi connectivity index (χ1n) is 5.20. The summed E-state index contributed by atoms with van der Waals surface area (Å²) in [7, 11) is 0. The molecule has 0 spiro atoms. The van der Waals surface area contributed by atoms with Crippen molar-refractivity contribution in [2.24, 2.45) is 0 Å². The molecule has 2 rings (SSSR count). The van der Waals surface area contributed by atoms with Gasteiger partial charge < -0.3 is 4.74 Å². The number of hydrogen-bond acceptors (Lipinski definition) is 2. The number of benzene rings is 1. The summed E-state index contributed by atoms with van der Waals surface area (Å²) in [6.07, 6.45) is 3.50. The van der Waals surface area contributed by atoms with E-state index in [1.807, 2.05) is 37.3 Å². The van der Waals surface area contributed by atoms with Gasteiger partial charge in [-0.1, -0.05) is 30.3 Å². The van der Waals surface area contributed by atoms with Crippen molar-refractivity contribution in [3.63, 3.8) is 0 Å². The first-order valence-corrected chi connectivity index (χ1v) is 5.20. The predicted octanol–water partition coefficient (Wildman–Crippen LogP) is 3.15. The van der Waals surface area contributed by atoms with Crippen LogP contribution in [0.25, 0.3) is 0 Å². The number of rotatable bonds is 3. The third kappa shape index (κ3) is 2.40. The summed E-state index contributed by atoms with van der Waals surface area (Å²) >= 11 is 0. The Kier molecular flexibility index (Phi) is 3.20. The lowest BCUT2D eigenvalue weighted by atomic mass is 10.2. The van der Waals surface area contributed by atoms with E-state index in [0.717, 1.165) is 22.4 Å². The van der Waals surface area contributed by atoms with Crippen molar-refractivity contribution in [1.82, 2.24) is 4.98 Å². The van der Waals surface area contributed by atoms with E-state index in [0.29, 0.717) is 6.61 Å². The molecule has 1 aromatic carbocycles. The van der Waals surface area contributed by atoms with Gasteiger partial charge in [-0.25, -0.2) is 0 Å². The second-order valence-corrected chi connectivity index (χ2v) is 3.71. The van der Waals surface area contributed by atoms with E-state index in [1.54, 1.807) is 12.4 Å². The largest absolute Gasteiger partial charge is 0.487 e. The van der Waals surface area contributed by atoms with Crippen molar-refractivity contribution in [3.05, 3.63) is 66.3 Å². The summed E-state index contributed by atoms with van der Waals surface area (Å²) in [4.78, 5) is 4.09. The highest BCUT2D eigenvalue weighted by molar-refractivity contribution is 5.38. The third-order valence-corrected chi connectivity index (χ3v) is 2.47. The van der Waals surface area contributed by atoms with Crippen molar-refractivity contribution in [1.29, 1.82) is 0 Å². The fraction of sp³-hybridized carbons (Fsp3) is 0.143. The molecule has 1 radical (unpaired) electrons. The molecule has 16 heavy (non-hydrogen) atoms. The number of hydrogen-bond donors (Lipinski definition) is 0. The number of nitrogens with zero attached hydrogens (tertiary/aromatic N) is 1. The maximum atomic E-state index is 5.68. The molecule has 2 aromatic rings. The minimum absolute atomic E-state index is 0.550. The van der Waals surface area contributed by atoms with Gasteiger partial charge in [0.1, 0.15) is 12.4 Å². The molecule has 1 heterocycles. The molecular formula is C14H14NO. The maximum Gasteiger partial charge on any atom is 0.141 e. The molecule has 0 saturated carbocycles. The SMILES string of the molecule is [CH2]c1c(C)cncc1OCc1ccccc1. The minimum Gasteiger partial charge on any atom is -0.487 e. The molecule has 0 bridgehead atoms. The lowest BCUT2D eigenvalue weighted by molar-refractivity contribution is 0.303. The molecule has 0 saturated heterocycles. The Morgan fingerprint density at radius 1 is 1.19 bits per heavy atom. The van der Waals surface area contributed by atoms with E-state index in [1.165, 1.54) is 0 Å². The average molecular weight is 212 g/mol. The van der Waals surface area contributed by atoms with E-state index in [4.69, 9.17) is 4.74 Å². The molecule has 0 fully saturated rings. The number of ether oxygens (including phenoxy) is 1. The summed E-state index contributed by atoms with van der Waals surface area (Å²) in [5.41, 5.74) is 3.10. The van der Waals surface area contributed by atoms with Gasteiger partial charge in [-0.05, 0) is 25.0 Å². The van der Waals surface area contributed by atoms with Crippen molar-refractivity contribution in [2.45, 2.75) is 13.5 Å². The smallest absolute Gasteiger partial charge is 0.141 e. The minimum atomic E-state index is 0.550. The molecule has 81 valence electrons. The Hall–Kier alpha value is -1.83. The van der Waals surface area contributed by atoms with E-state index in [-0.39, 0.29) is 0 Å². The zero-order chi connectivity index (χ0) is 11.4. The van der Waals surface area contributed by atoms with Crippen molar-refractivity contribution < 1.29 is 4.74 Å². The highest BCUT2D eigenvalue weighted by Gasteiger charge is 2.02. The zero-order valence-electron chi connectivity index (χ0n) is 9.31. The second-order valence-electron chi connectivity index (χ2n) is 3.71. The van der Waals surface area contributed by atoms with Crippen LogP contribution in [0.5, 0.6) is 5.75 Å². The van der Waals surface area contributed by atoms with E-state index in [9.17, 15) is 0 Å². The lowest BCUT2D eigenvalue weighted by Crippen LogP contribution is -1.98. The van der Waals surface area contributed by atoms with E-state index >= 15 is 0 Å². The van der Waals surface area contributed by atoms with Gasteiger partial charge in [0.25, 0.3) is 0 Å². The van der Waals surface area contributed by atoms with Gasteiger partial charge in [0.05, 0.1) is 6.20 Å². The standard InChI is InChI=1S/C14H14NO/c1-11-8-15-9-14(12(11)2)16-10-13-6-4-3-5-7-13/h3-9H,2,10H2,1H3. The predicted molar refractivity (Wildman–Crippen MR) is 64.2 cm³/mol.